The lowest BCUT2D eigenvalue weighted by molar-refractivity contribution is 0.869. The molecule has 0 radical (unpaired) electrons. The van der Waals surface area contributed by atoms with E-state index in [2.05, 4.69) is 23.3 Å². The number of aryl methyl sites for hydroxylation is 1. The van der Waals surface area contributed by atoms with Crippen LogP contribution in [-0.4, -0.2) is 18.1 Å². The van der Waals surface area contributed by atoms with Gasteiger partial charge in [0.25, 0.3) is 0 Å². The molecule has 0 atom stereocenters. The van der Waals surface area contributed by atoms with Crippen LogP contribution >= 0.6 is 0 Å². The molecule has 1 heterocycles. The molecule has 0 saturated carbocycles. The van der Waals surface area contributed by atoms with Crippen LogP contribution in [0.3, 0.4) is 0 Å². The Hall–Kier alpha value is -1.09. The van der Waals surface area contributed by atoms with Gasteiger partial charge in [-0.15, -0.1) is 0 Å². The summed E-state index contributed by atoms with van der Waals surface area (Å²) < 4.78 is 0. The van der Waals surface area contributed by atoms with Crippen molar-refractivity contribution in [1.29, 1.82) is 0 Å². The van der Waals surface area contributed by atoms with E-state index in [1.54, 1.807) is 0 Å². The van der Waals surface area contributed by atoms with Crippen molar-refractivity contribution in [2.45, 2.75) is 19.8 Å². The Balaban J connectivity index is 2.40. The Kier molecular flexibility index (Phi) is 4.26. The topological polar surface area (TPSA) is 50.9 Å². The van der Waals surface area contributed by atoms with Crippen molar-refractivity contribution in [3.63, 3.8) is 0 Å². The van der Waals surface area contributed by atoms with Crippen LogP contribution in [0.4, 0.5) is 5.82 Å². The number of nitrogens with two attached hydrogens (primary N) is 1. The number of hydrogen-bond donors (Lipinski definition) is 2. The molecule has 0 saturated heterocycles. The van der Waals surface area contributed by atoms with E-state index in [1.165, 1.54) is 5.56 Å². The van der Waals surface area contributed by atoms with Crippen LogP contribution in [0.1, 0.15) is 18.9 Å². The third kappa shape index (κ3) is 3.42. The summed E-state index contributed by atoms with van der Waals surface area (Å²) in [7, 11) is 0. The predicted molar refractivity (Wildman–Crippen MR) is 55.8 cm³/mol. The minimum atomic E-state index is 0.722. The van der Waals surface area contributed by atoms with E-state index >= 15 is 0 Å². The molecule has 1 rings (SSSR count). The summed E-state index contributed by atoms with van der Waals surface area (Å²) in [5.41, 5.74) is 6.65. The maximum atomic E-state index is 5.38. The van der Waals surface area contributed by atoms with E-state index in [0.29, 0.717) is 0 Å². The number of anilines is 1. The first-order valence-electron chi connectivity index (χ1n) is 4.75. The van der Waals surface area contributed by atoms with Gasteiger partial charge in [-0.3, -0.25) is 0 Å². The van der Waals surface area contributed by atoms with Crippen molar-refractivity contribution >= 4 is 5.82 Å². The molecule has 3 nitrogen and oxygen atoms in total. The summed E-state index contributed by atoms with van der Waals surface area (Å²) >= 11 is 0. The Morgan fingerprint density at radius 2 is 2.31 bits per heavy atom. The minimum absolute atomic E-state index is 0.722. The zero-order valence-electron chi connectivity index (χ0n) is 8.09. The standard InChI is InChI=1S/C10H17N3/c1-2-9-4-5-10(13-8-9)12-7-3-6-11/h4-5,8H,2-3,6-7,11H2,1H3,(H,12,13). The van der Waals surface area contributed by atoms with Gasteiger partial charge in [0.2, 0.25) is 0 Å². The summed E-state index contributed by atoms with van der Waals surface area (Å²) in [6.07, 6.45) is 3.93. The molecular formula is C10H17N3. The van der Waals surface area contributed by atoms with Gasteiger partial charge in [-0.1, -0.05) is 13.0 Å². The van der Waals surface area contributed by atoms with Gasteiger partial charge in [0.1, 0.15) is 5.82 Å². The van der Waals surface area contributed by atoms with Crippen LogP contribution in [-0.2, 0) is 6.42 Å². The van der Waals surface area contributed by atoms with Gasteiger partial charge in [-0.25, -0.2) is 4.98 Å². The molecule has 0 fully saturated rings. The molecule has 0 unspecified atom stereocenters. The van der Waals surface area contributed by atoms with Gasteiger partial charge in [-0.2, -0.15) is 0 Å². The van der Waals surface area contributed by atoms with E-state index < -0.39 is 0 Å². The summed E-state index contributed by atoms with van der Waals surface area (Å²) in [5.74, 6) is 0.936. The number of nitrogens with zero attached hydrogens (tertiary/aromatic N) is 1. The Morgan fingerprint density at radius 1 is 1.46 bits per heavy atom. The monoisotopic (exact) mass is 179 g/mol. The van der Waals surface area contributed by atoms with Gasteiger partial charge in [-0.05, 0) is 31.0 Å². The number of pyridine rings is 1. The highest BCUT2D eigenvalue weighted by atomic mass is 15.0. The quantitative estimate of drug-likeness (QED) is 0.672. The summed E-state index contributed by atoms with van der Waals surface area (Å²) in [5, 5.41) is 3.21. The molecule has 3 heteroatoms. The van der Waals surface area contributed by atoms with Crippen molar-refractivity contribution in [2.24, 2.45) is 5.73 Å². The summed E-state index contributed by atoms with van der Waals surface area (Å²) in [4.78, 5) is 4.27. The Morgan fingerprint density at radius 3 is 2.85 bits per heavy atom. The van der Waals surface area contributed by atoms with E-state index in [-0.39, 0.29) is 0 Å². The van der Waals surface area contributed by atoms with Crippen LogP contribution in [0.2, 0.25) is 0 Å². The first kappa shape index (κ1) is 9.99. The van der Waals surface area contributed by atoms with Gasteiger partial charge >= 0.3 is 0 Å². The zero-order chi connectivity index (χ0) is 9.52. The lowest BCUT2D eigenvalue weighted by Gasteiger charge is -2.04. The van der Waals surface area contributed by atoms with Crippen molar-refractivity contribution in [2.75, 3.05) is 18.4 Å². The molecular weight excluding hydrogens is 162 g/mol. The van der Waals surface area contributed by atoms with E-state index in [9.17, 15) is 0 Å². The van der Waals surface area contributed by atoms with Crippen LogP contribution in [0, 0.1) is 0 Å². The molecule has 1 aromatic rings. The number of hydrogen-bond acceptors (Lipinski definition) is 3. The first-order valence-corrected chi connectivity index (χ1v) is 4.75. The van der Waals surface area contributed by atoms with Crippen LogP contribution < -0.4 is 11.1 Å². The maximum Gasteiger partial charge on any atom is 0.125 e. The fourth-order valence-electron chi connectivity index (χ4n) is 1.06. The molecule has 72 valence electrons. The molecule has 3 N–H and O–H groups in total. The van der Waals surface area contributed by atoms with Crippen LogP contribution in [0.25, 0.3) is 0 Å². The minimum Gasteiger partial charge on any atom is -0.370 e. The Bertz CT molecular complexity index is 230. The van der Waals surface area contributed by atoms with Gasteiger partial charge < -0.3 is 11.1 Å². The molecule has 0 spiro atoms. The lowest BCUT2D eigenvalue weighted by atomic mass is 10.2. The average Bonchev–Trinajstić information content (AvgIpc) is 2.19. The molecule has 1 aromatic heterocycles. The van der Waals surface area contributed by atoms with Crippen molar-refractivity contribution in [3.8, 4) is 0 Å². The average molecular weight is 179 g/mol. The van der Waals surface area contributed by atoms with Crippen molar-refractivity contribution < 1.29 is 0 Å². The van der Waals surface area contributed by atoms with Gasteiger partial charge in [0.05, 0.1) is 0 Å². The third-order valence-corrected chi connectivity index (χ3v) is 1.92. The fraction of sp³-hybridized carbons (Fsp3) is 0.500. The van der Waals surface area contributed by atoms with Crippen molar-refractivity contribution in [3.05, 3.63) is 23.9 Å². The second-order valence-corrected chi connectivity index (χ2v) is 2.97. The fourth-order valence-corrected chi connectivity index (χ4v) is 1.06. The van der Waals surface area contributed by atoms with Gasteiger partial charge in [0.15, 0.2) is 0 Å². The predicted octanol–water partition coefficient (Wildman–Crippen LogP) is 1.40. The van der Waals surface area contributed by atoms with E-state index in [4.69, 9.17) is 5.73 Å². The second-order valence-electron chi connectivity index (χ2n) is 2.97. The molecule has 13 heavy (non-hydrogen) atoms. The Labute approximate surface area is 79.4 Å². The van der Waals surface area contributed by atoms with Crippen LogP contribution in [0.15, 0.2) is 18.3 Å². The molecule has 0 amide bonds. The summed E-state index contributed by atoms with van der Waals surface area (Å²) in [6.45, 7) is 3.74. The highest BCUT2D eigenvalue weighted by molar-refractivity contribution is 5.35. The molecule has 0 bridgehead atoms. The molecule has 0 aromatic carbocycles. The van der Waals surface area contributed by atoms with Gasteiger partial charge in [0, 0.05) is 12.7 Å². The third-order valence-electron chi connectivity index (χ3n) is 1.92. The number of nitrogens with one attached hydrogen (secondary N) is 1. The van der Waals surface area contributed by atoms with E-state index in [1.807, 2.05) is 12.3 Å². The maximum absolute atomic E-state index is 5.38. The second kappa shape index (κ2) is 5.54. The largest absolute Gasteiger partial charge is 0.370 e. The molecule has 0 aliphatic carbocycles. The zero-order valence-corrected chi connectivity index (χ0v) is 8.09. The van der Waals surface area contributed by atoms with Crippen LogP contribution in [0.5, 0.6) is 0 Å². The SMILES string of the molecule is CCc1ccc(NCCCN)nc1. The van der Waals surface area contributed by atoms with Crippen molar-refractivity contribution in [1.82, 2.24) is 4.98 Å². The molecule has 0 aliphatic rings. The van der Waals surface area contributed by atoms with E-state index in [0.717, 1.165) is 31.7 Å². The first-order chi connectivity index (χ1) is 6.36. The number of rotatable bonds is 5. The number of aromatic nitrogens is 1. The highest BCUT2D eigenvalue weighted by Gasteiger charge is 1.92. The lowest BCUT2D eigenvalue weighted by Crippen LogP contribution is -2.09. The smallest absolute Gasteiger partial charge is 0.125 e. The molecule has 0 aliphatic heterocycles. The summed E-state index contributed by atoms with van der Waals surface area (Å²) in [6, 6.07) is 4.10. The normalized spacial score (nSPS) is 10.0. The highest BCUT2D eigenvalue weighted by Crippen LogP contribution is 2.04.